The third-order valence-corrected chi connectivity index (χ3v) is 3.98. The van der Waals surface area contributed by atoms with Crippen LogP contribution in [0.15, 0.2) is 22.8 Å². The van der Waals surface area contributed by atoms with Crippen LogP contribution in [0.5, 0.6) is 0 Å². The number of carbonyl (C=O) groups is 2. The van der Waals surface area contributed by atoms with Crippen molar-refractivity contribution in [1.29, 1.82) is 0 Å². The van der Waals surface area contributed by atoms with Crippen LogP contribution in [-0.4, -0.2) is 48.1 Å². The van der Waals surface area contributed by atoms with Gasteiger partial charge in [0.25, 0.3) is 0 Å². The summed E-state index contributed by atoms with van der Waals surface area (Å²) in [6.07, 6.45) is 1.59. The molecule has 0 aliphatic carbocycles. The summed E-state index contributed by atoms with van der Waals surface area (Å²) in [5.74, 6) is -0.732. The van der Waals surface area contributed by atoms with Crippen molar-refractivity contribution in [3.63, 3.8) is 0 Å². The molecule has 6 nitrogen and oxygen atoms in total. The van der Waals surface area contributed by atoms with Gasteiger partial charge in [0, 0.05) is 23.3 Å². The van der Waals surface area contributed by atoms with Crippen molar-refractivity contribution >= 4 is 40.1 Å². The molecule has 0 unspecified atom stereocenters. The van der Waals surface area contributed by atoms with Gasteiger partial charge in [-0.3, -0.25) is 14.6 Å². The molecule has 0 N–H and O–H groups in total. The lowest BCUT2D eigenvalue weighted by molar-refractivity contribution is -0.791. The molecule has 1 aromatic rings. The molecule has 18 heavy (non-hydrogen) atoms. The number of rotatable bonds is 1. The maximum absolute atomic E-state index is 11.6. The van der Waals surface area contributed by atoms with E-state index in [2.05, 4.69) is 20.9 Å². The Labute approximate surface area is 112 Å². The number of hydrogen-bond acceptors (Lipinski definition) is 5. The van der Waals surface area contributed by atoms with E-state index in [0.717, 1.165) is 4.47 Å². The Hall–Kier alpha value is -1.41. The molecule has 2 aliphatic rings. The monoisotopic (exact) mass is 312 g/mol. The normalized spacial score (nSPS) is 34.1. The van der Waals surface area contributed by atoms with E-state index in [1.165, 1.54) is 0 Å². The largest absolute Gasteiger partial charge is 0.632 e. The van der Waals surface area contributed by atoms with Crippen molar-refractivity contribution in [2.75, 3.05) is 20.1 Å². The first-order valence-corrected chi connectivity index (χ1v) is 6.28. The predicted octanol–water partition coefficient (Wildman–Crippen LogP) is -0.450. The molecule has 0 atom stereocenters. The van der Waals surface area contributed by atoms with Crippen LogP contribution in [0.2, 0.25) is 0 Å². The Morgan fingerprint density at radius 1 is 1.28 bits per heavy atom. The highest BCUT2D eigenvalue weighted by atomic mass is 79.9. The topological polar surface area (TPSA) is 65.5 Å². The van der Waals surface area contributed by atoms with Crippen molar-refractivity contribution in [3.8, 4) is 0 Å². The third-order valence-electron chi connectivity index (χ3n) is 3.51. The molecule has 1 aromatic heterocycles. The number of pyridine rings is 1. The molecule has 0 saturated carbocycles. The SMILES string of the molecule is C[N+]12CC(=O)O[B-]1(c1ccc(Br)cn1)OC(=O)C2. The fraction of sp³-hybridized carbons (Fsp3) is 0.300. The summed E-state index contributed by atoms with van der Waals surface area (Å²) in [4.78, 5) is 27.3. The molecule has 0 amide bonds. The summed E-state index contributed by atoms with van der Waals surface area (Å²) in [6, 6.07) is 3.49. The molecule has 0 spiro atoms. The van der Waals surface area contributed by atoms with E-state index in [1.54, 1.807) is 25.4 Å². The first-order valence-electron chi connectivity index (χ1n) is 5.49. The summed E-state index contributed by atoms with van der Waals surface area (Å²) < 4.78 is 11.6. The average Bonchev–Trinajstić information content (AvgIpc) is 2.63. The first kappa shape index (κ1) is 11.7. The van der Waals surface area contributed by atoms with E-state index >= 15 is 0 Å². The molecule has 2 aliphatic heterocycles. The van der Waals surface area contributed by atoms with Gasteiger partial charge in [-0.1, -0.05) is 6.07 Å². The van der Waals surface area contributed by atoms with E-state index in [4.69, 9.17) is 9.31 Å². The van der Waals surface area contributed by atoms with Crippen LogP contribution in [0.25, 0.3) is 0 Å². The van der Waals surface area contributed by atoms with E-state index in [0.29, 0.717) is 5.59 Å². The zero-order valence-electron chi connectivity index (χ0n) is 9.63. The highest BCUT2D eigenvalue weighted by Gasteiger charge is 2.67. The van der Waals surface area contributed by atoms with Crippen LogP contribution in [0, 0.1) is 0 Å². The molecule has 0 aromatic carbocycles. The van der Waals surface area contributed by atoms with E-state index in [9.17, 15) is 9.59 Å². The second-order valence-electron chi connectivity index (χ2n) is 4.85. The fourth-order valence-electron chi connectivity index (χ4n) is 2.64. The molecule has 8 heteroatoms. The maximum atomic E-state index is 11.6. The van der Waals surface area contributed by atoms with Gasteiger partial charge in [0.15, 0.2) is 0 Å². The first-order chi connectivity index (χ1) is 8.45. The van der Waals surface area contributed by atoms with Gasteiger partial charge in [-0.15, -0.1) is 0 Å². The molecule has 0 bridgehead atoms. The number of quaternary nitrogens is 1. The Kier molecular flexibility index (Phi) is 2.30. The summed E-state index contributed by atoms with van der Waals surface area (Å²) in [6.45, 7) is -1.94. The van der Waals surface area contributed by atoms with Gasteiger partial charge in [-0.05, 0) is 22.0 Å². The lowest BCUT2D eigenvalue weighted by atomic mass is 9.64. The maximum Gasteiger partial charge on any atom is 0.632 e. The number of nitrogens with zero attached hydrogens (tertiary/aromatic N) is 2. The molecular weight excluding hydrogens is 303 g/mol. The minimum absolute atomic E-state index is 0.117. The second-order valence-corrected chi connectivity index (χ2v) is 5.76. The fourth-order valence-corrected chi connectivity index (χ4v) is 2.87. The van der Waals surface area contributed by atoms with Crippen LogP contribution in [-0.2, 0) is 18.9 Å². The Balaban J connectivity index is 2.13. The quantitative estimate of drug-likeness (QED) is 0.657. The summed E-state index contributed by atoms with van der Waals surface area (Å²) in [5, 5.41) is 0. The van der Waals surface area contributed by atoms with Crippen molar-refractivity contribution in [2.24, 2.45) is 0 Å². The molecule has 2 saturated heterocycles. The lowest BCUT2D eigenvalue weighted by Crippen LogP contribution is -2.68. The molecule has 3 heterocycles. The standard InChI is InChI=1S/C10H10BBrN2O4/c1-14-5-9(15)17-11(14,18-10(16)6-14)8-3-2-7(12)4-13-8/h2-4H,5-6H2,1H3. The predicted molar refractivity (Wildman–Crippen MR) is 65.4 cm³/mol. The summed E-state index contributed by atoms with van der Waals surface area (Å²) in [5.41, 5.74) is 0.484. The number of hydrogen-bond donors (Lipinski definition) is 0. The highest BCUT2D eigenvalue weighted by Crippen LogP contribution is 2.32. The Morgan fingerprint density at radius 3 is 2.39 bits per heavy atom. The van der Waals surface area contributed by atoms with Gasteiger partial charge in [0.2, 0.25) is 0 Å². The van der Waals surface area contributed by atoms with Crippen molar-refractivity contribution in [3.05, 3.63) is 22.8 Å². The minimum atomic E-state index is -2.20. The number of halogens is 1. The molecule has 0 radical (unpaired) electrons. The zero-order chi connectivity index (χ0) is 13.0. The van der Waals surface area contributed by atoms with Gasteiger partial charge in [-0.25, -0.2) is 0 Å². The van der Waals surface area contributed by atoms with E-state index in [-0.39, 0.29) is 29.4 Å². The van der Waals surface area contributed by atoms with E-state index in [1.807, 2.05) is 0 Å². The molecule has 3 rings (SSSR count). The number of likely N-dealkylation sites (N-methyl/N-ethyl adjacent to an activating group) is 1. The van der Waals surface area contributed by atoms with E-state index < -0.39 is 6.69 Å². The summed E-state index contributed by atoms with van der Waals surface area (Å²) in [7, 11) is 1.78. The number of fused-ring (bicyclic) bond motifs is 1. The molecule has 94 valence electrons. The Bertz CT molecular complexity index is 527. The minimum Gasteiger partial charge on any atom is -0.595 e. The lowest BCUT2D eigenvalue weighted by Gasteiger charge is -2.39. The summed E-state index contributed by atoms with van der Waals surface area (Å²) >= 11 is 3.29. The number of carbonyl (C=O) groups excluding carboxylic acids is 2. The zero-order valence-corrected chi connectivity index (χ0v) is 11.2. The second kappa shape index (κ2) is 3.55. The van der Waals surface area contributed by atoms with Crippen LogP contribution in [0.1, 0.15) is 0 Å². The van der Waals surface area contributed by atoms with Crippen molar-refractivity contribution in [1.82, 2.24) is 4.98 Å². The van der Waals surface area contributed by atoms with Gasteiger partial charge in [0.05, 0.1) is 0 Å². The molecule has 2 fully saturated rings. The average molecular weight is 313 g/mol. The Morgan fingerprint density at radius 2 is 1.89 bits per heavy atom. The highest BCUT2D eigenvalue weighted by molar-refractivity contribution is 9.10. The van der Waals surface area contributed by atoms with Gasteiger partial charge < -0.3 is 13.7 Å². The number of aromatic nitrogens is 1. The van der Waals surface area contributed by atoms with Crippen LogP contribution < -0.4 is 5.59 Å². The molecular formula is C10H10BBrN2O4. The van der Waals surface area contributed by atoms with Gasteiger partial charge >= 0.3 is 18.6 Å². The van der Waals surface area contributed by atoms with Gasteiger partial charge in [0.1, 0.15) is 13.1 Å². The van der Waals surface area contributed by atoms with Crippen LogP contribution >= 0.6 is 15.9 Å². The van der Waals surface area contributed by atoms with Crippen LogP contribution in [0.4, 0.5) is 0 Å². The third kappa shape index (κ3) is 1.42. The van der Waals surface area contributed by atoms with Crippen molar-refractivity contribution in [2.45, 2.75) is 0 Å². The smallest absolute Gasteiger partial charge is 0.595 e. The van der Waals surface area contributed by atoms with Crippen LogP contribution in [0.3, 0.4) is 0 Å². The van der Waals surface area contributed by atoms with Crippen molar-refractivity contribution < 1.29 is 23.3 Å². The van der Waals surface area contributed by atoms with Gasteiger partial charge in [-0.2, -0.15) is 0 Å².